The largest absolute Gasteiger partial charge is 0.463 e. The van der Waals surface area contributed by atoms with E-state index in [1.807, 2.05) is 16.8 Å². The molecule has 1 fully saturated rings. The van der Waals surface area contributed by atoms with E-state index in [0.29, 0.717) is 29.2 Å². The van der Waals surface area contributed by atoms with Gasteiger partial charge in [-0.15, -0.1) is 0 Å². The van der Waals surface area contributed by atoms with E-state index < -0.39 is 0 Å². The van der Waals surface area contributed by atoms with Crippen LogP contribution in [-0.4, -0.2) is 50.7 Å². The predicted octanol–water partition coefficient (Wildman–Crippen LogP) is 4.27. The van der Waals surface area contributed by atoms with Crippen molar-refractivity contribution in [3.05, 3.63) is 36.2 Å². The lowest BCUT2D eigenvalue weighted by Gasteiger charge is -2.41. The summed E-state index contributed by atoms with van der Waals surface area (Å²) < 4.78 is 7.39. The summed E-state index contributed by atoms with van der Waals surface area (Å²) in [5.41, 5.74) is 1.82. The third-order valence-corrected chi connectivity index (χ3v) is 5.97. The fourth-order valence-corrected chi connectivity index (χ4v) is 4.14. The molecule has 1 amide bonds. The Kier molecular flexibility index (Phi) is 5.64. The van der Waals surface area contributed by atoms with Crippen molar-refractivity contribution in [2.75, 3.05) is 19.6 Å². The van der Waals surface area contributed by atoms with Gasteiger partial charge in [0.15, 0.2) is 11.4 Å². The minimum atomic E-state index is -0.108. The fourth-order valence-electron chi connectivity index (χ4n) is 4.14. The monoisotopic (exact) mass is 409 g/mol. The maximum Gasteiger partial charge on any atom is 0.252 e. The third kappa shape index (κ3) is 3.99. The van der Waals surface area contributed by atoms with Crippen LogP contribution in [0.1, 0.15) is 63.4 Å². The van der Waals surface area contributed by atoms with Gasteiger partial charge in [-0.2, -0.15) is 5.10 Å². The summed E-state index contributed by atoms with van der Waals surface area (Å²) in [5.74, 6) is 0.527. The number of aromatic nitrogens is 3. The number of furan rings is 1. The Morgan fingerprint density at radius 3 is 2.70 bits per heavy atom. The Balaban J connectivity index is 1.64. The Morgan fingerprint density at radius 1 is 1.27 bits per heavy atom. The van der Waals surface area contributed by atoms with Gasteiger partial charge in [0.25, 0.3) is 5.91 Å². The predicted molar refractivity (Wildman–Crippen MR) is 117 cm³/mol. The molecular formula is C23H31N5O2. The topological polar surface area (TPSA) is 76.2 Å². The number of rotatable bonds is 6. The van der Waals surface area contributed by atoms with E-state index in [0.717, 1.165) is 18.5 Å². The smallest absolute Gasteiger partial charge is 0.252 e. The second-order valence-electron chi connectivity index (χ2n) is 9.00. The van der Waals surface area contributed by atoms with Crippen molar-refractivity contribution >= 4 is 16.9 Å². The van der Waals surface area contributed by atoms with Gasteiger partial charge in [0.1, 0.15) is 5.69 Å². The lowest BCUT2D eigenvalue weighted by Crippen LogP contribution is -2.53. The van der Waals surface area contributed by atoms with Crippen molar-refractivity contribution < 1.29 is 9.21 Å². The first kappa shape index (κ1) is 20.6. The van der Waals surface area contributed by atoms with Crippen molar-refractivity contribution in [1.29, 1.82) is 0 Å². The van der Waals surface area contributed by atoms with E-state index in [4.69, 9.17) is 9.40 Å². The maximum atomic E-state index is 13.3. The van der Waals surface area contributed by atoms with Crippen LogP contribution in [0.2, 0.25) is 0 Å². The first-order valence-electron chi connectivity index (χ1n) is 10.8. The summed E-state index contributed by atoms with van der Waals surface area (Å²) in [6, 6.07) is 5.61. The molecule has 30 heavy (non-hydrogen) atoms. The highest BCUT2D eigenvalue weighted by atomic mass is 16.3. The zero-order valence-corrected chi connectivity index (χ0v) is 18.3. The van der Waals surface area contributed by atoms with Gasteiger partial charge in [-0.3, -0.25) is 9.69 Å². The third-order valence-electron chi connectivity index (χ3n) is 5.97. The lowest BCUT2D eigenvalue weighted by atomic mass is 9.98. The van der Waals surface area contributed by atoms with Crippen LogP contribution in [0.15, 0.2) is 35.1 Å². The highest BCUT2D eigenvalue weighted by Crippen LogP contribution is 2.27. The standard InChI is InChI=1S/C23H31N5O2/c1-16(2)28-21-18(14-25-28)17(13-19(26-21)20-9-8-12-30-20)22(29)24-15-23(3,4)27-10-6-5-7-11-27/h8-9,12-14,16H,5-7,10-11,15H2,1-4H3,(H,24,29). The molecule has 0 aromatic carbocycles. The first-order valence-corrected chi connectivity index (χ1v) is 10.8. The number of amides is 1. The van der Waals surface area contributed by atoms with Crippen LogP contribution in [-0.2, 0) is 0 Å². The van der Waals surface area contributed by atoms with E-state index in [-0.39, 0.29) is 17.5 Å². The molecule has 1 aliphatic heterocycles. The number of pyridine rings is 1. The number of carbonyl (C=O) groups excluding carboxylic acids is 1. The highest BCUT2D eigenvalue weighted by molar-refractivity contribution is 6.06. The molecule has 0 aliphatic carbocycles. The van der Waals surface area contributed by atoms with Crippen LogP contribution in [0, 0.1) is 0 Å². The van der Waals surface area contributed by atoms with Gasteiger partial charge in [-0.25, -0.2) is 9.67 Å². The van der Waals surface area contributed by atoms with Gasteiger partial charge in [-0.05, 0) is 71.8 Å². The molecule has 4 rings (SSSR count). The molecule has 0 atom stereocenters. The molecule has 0 unspecified atom stereocenters. The van der Waals surface area contributed by atoms with Crippen molar-refractivity contribution in [2.24, 2.45) is 0 Å². The number of nitrogens with zero attached hydrogens (tertiary/aromatic N) is 4. The molecule has 3 aromatic rings. The van der Waals surface area contributed by atoms with Gasteiger partial charge in [0.2, 0.25) is 0 Å². The Hall–Kier alpha value is -2.67. The molecular weight excluding hydrogens is 378 g/mol. The Labute approximate surface area is 177 Å². The molecule has 3 aromatic heterocycles. The van der Waals surface area contributed by atoms with E-state index in [1.54, 1.807) is 18.5 Å². The van der Waals surface area contributed by atoms with E-state index in [1.165, 1.54) is 19.3 Å². The number of nitrogens with one attached hydrogen (secondary N) is 1. The van der Waals surface area contributed by atoms with Gasteiger partial charge in [0.05, 0.1) is 23.4 Å². The molecule has 1 N–H and O–H groups in total. The summed E-state index contributed by atoms with van der Waals surface area (Å²) in [6.45, 7) is 11.3. The second-order valence-corrected chi connectivity index (χ2v) is 9.00. The molecule has 0 bridgehead atoms. The van der Waals surface area contributed by atoms with Gasteiger partial charge < -0.3 is 9.73 Å². The minimum absolute atomic E-state index is 0.0891. The summed E-state index contributed by atoms with van der Waals surface area (Å²) >= 11 is 0. The first-order chi connectivity index (χ1) is 14.4. The molecule has 1 aliphatic rings. The number of piperidine rings is 1. The highest BCUT2D eigenvalue weighted by Gasteiger charge is 2.29. The van der Waals surface area contributed by atoms with Crippen molar-refractivity contribution in [2.45, 2.75) is 58.5 Å². The maximum absolute atomic E-state index is 13.3. The molecule has 4 heterocycles. The van der Waals surface area contributed by atoms with Gasteiger partial charge in [-0.1, -0.05) is 6.42 Å². The Morgan fingerprint density at radius 2 is 2.03 bits per heavy atom. The number of carbonyl (C=O) groups is 1. The Bertz CT molecular complexity index is 1010. The summed E-state index contributed by atoms with van der Waals surface area (Å²) in [7, 11) is 0. The molecule has 0 saturated carbocycles. The van der Waals surface area contributed by atoms with E-state index in [2.05, 4.69) is 43.0 Å². The zero-order chi connectivity index (χ0) is 21.3. The van der Waals surface area contributed by atoms with Crippen LogP contribution in [0.4, 0.5) is 0 Å². The van der Waals surface area contributed by atoms with Gasteiger partial charge in [0, 0.05) is 18.1 Å². The second kappa shape index (κ2) is 8.22. The zero-order valence-electron chi connectivity index (χ0n) is 18.3. The van der Waals surface area contributed by atoms with Crippen LogP contribution in [0.25, 0.3) is 22.5 Å². The van der Waals surface area contributed by atoms with Crippen LogP contribution >= 0.6 is 0 Å². The van der Waals surface area contributed by atoms with Gasteiger partial charge >= 0.3 is 0 Å². The fraction of sp³-hybridized carbons (Fsp3) is 0.522. The molecule has 0 radical (unpaired) electrons. The number of fused-ring (bicyclic) bond motifs is 1. The summed E-state index contributed by atoms with van der Waals surface area (Å²) in [4.78, 5) is 20.5. The van der Waals surface area contributed by atoms with Crippen LogP contribution in [0.3, 0.4) is 0 Å². The minimum Gasteiger partial charge on any atom is -0.463 e. The van der Waals surface area contributed by atoms with Crippen molar-refractivity contribution in [1.82, 2.24) is 25.0 Å². The normalized spacial score (nSPS) is 15.8. The average Bonchev–Trinajstić information content (AvgIpc) is 3.42. The lowest BCUT2D eigenvalue weighted by molar-refractivity contribution is 0.0798. The van der Waals surface area contributed by atoms with Crippen molar-refractivity contribution in [3.63, 3.8) is 0 Å². The molecule has 7 heteroatoms. The molecule has 1 saturated heterocycles. The quantitative estimate of drug-likeness (QED) is 0.658. The van der Waals surface area contributed by atoms with Crippen LogP contribution in [0.5, 0.6) is 0 Å². The molecule has 0 spiro atoms. The summed E-state index contributed by atoms with van der Waals surface area (Å²) in [6.07, 6.45) is 7.09. The number of hydrogen-bond acceptors (Lipinski definition) is 5. The number of likely N-dealkylation sites (tertiary alicyclic amines) is 1. The molecule has 7 nitrogen and oxygen atoms in total. The summed E-state index contributed by atoms with van der Waals surface area (Å²) in [5, 5.41) is 8.40. The van der Waals surface area contributed by atoms with Crippen LogP contribution < -0.4 is 5.32 Å². The van der Waals surface area contributed by atoms with E-state index in [9.17, 15) is 4.79 Å². The SMILES string of the molecule is CC(C)n1ncc2c(C(=O)NCC(C)(C)N3CCCCC3)cc(-c3ccco3)nc21. The molecule has 160 valence electrons. The van der Waals surface area contributed by atoms with E-state index >= 15 is 0 Å². The number of hydrogen-bond donors (Lipinski definition) is 1. The van der Waals surface area contributed by atoms with Crippen molar-refractivity contribution in [3.8, 4) is 11.5 Å². The average molecular weight is 410 g/mol.